The van der Waals surface area contributed by atoms with E-state index in [4.69, 9.17) is 11.6 Å². The molecule has 1 aromatic carbocycles. The summed E-state index contributed by atoms with van der Waals surface area (Å²) in [5.41, 5.74) is 0.362. The predicted octanol–water partition coefficient (Wildman–Crippen LogP) is 4.42. The van der Waals surface area contributed by atoms with Crippen molar-refractivity contribution >= 4 is 17.4 Å². The molecule has 1 aromatic rings. The van der Waals surface area contributed by atoms with E-state index in [-0.39, 0.29) is 23.6 Å². The quantitative estimate of drug-likeness (QED) is 0.805. The fraction of sp³-hybridized carbons (Fsp3) is 0.500. The second-order valence-corrected chi connectivity index (χ2v) is 5.38. The summed E-state index contributed by atoms with van der Waals surface area (Å²) < 4.78 is 39.7. The highest BCUT2D eigenvalue weighted by Gasteiger charge is 2.38. The molecular formula is C14H14ClF3O. The van der Waals surface area contributed by atoms with E-state index in [0.717, 1.165) is 0 Å². The third kappa shape index (κ3) is 3.50. The standard InChI is InChI=1S/C14H14ClF3O/c15-13-9(3-1-5-11(13)16)7-12(19)10-4-2-6-14(17,18)8-10/h1,3,5,10H,2,4,6-8H2. The van der Waals surface area contributed by atoms with Gasteiger partial charge in [0.15, 0.2) is 0 Å². The summed E-state index contributed by atoms with van der Waals surface area (Å²) in [6, 6.07) is 4.20. The van der Waals surface area contributed by atoms with E-state index in [1.807, 2.05) is 0 Å². The zero-order valence-electron chi connectivity index (χ0n) is 10.3. The van der Waals surface area contributed by atoms with Gasteiger partial charge in [-0.05, 0) is 24.5 Å². The smallest absolute Gasteiger partial charge is 0.248 e. The van der Waals surface area contributed by atoms with Gasteiger partial charge in [0.05, 0.1) is 5.02 Å². The summed E-state index contributed by atoms with van der Waals surface area (Å²) in [6.07, 6.45) is 0.176. The zero-order chi connectivity index (χ0) is 14.0. The Balaban J connectivity index is 2.07. The van der Waals surface area contributed by atoms with Gasteiger partial charge >= 0.3 is 0 Å². The Hall–Kier alpha value is -1.03. The molecule has 0 heterocycles. The normalized spacial score (nSPS) is 22.2. The van der Waals surface area contributed by atoms with Crippen molar-refractivity contribution < 1.29 is 18.0 Å². The lowest BCUT2D eigenvalue weighted by Crippen LogP contribution is -2.31. The third-order valence-corrected chi connectivity index (χ3v) is 3.92. The Bertz CT molecular complexity index is 488. The van der Waals surface area contributed by atoms with Crippen LogP contribution in [-0.2, 0) is 11.2 Å². The first-order valence-corrected chi connectivity index (χ1v) is 6.60. The largest absolute Gasteiger partial charge is 0.299 e. The molecule has 0 aromatic heterocycles. The van der Waals surface area contributed by atoms with Crippen LogP contribution in [0, 0.1) is 11.7 Å². The van der Waals surface area contributed by atoms with Gasteiger partial charge in [-0.1, -0.05) is 23.7 Å². The van der Waals surface area contributed by atoms with E-state index in [2.05, 4.69) is 0 Å². The molecule has 1 fully saturated rings. The van der Waals surface area contributed by atoms with Gasteiger partial charge in [0.1, 0.15) is 11.6 Å². The maximum atomic E-state index is 13.3. The third-order valence-electron chi connectivity index (χ3n) is 3.49. The lowest BCUT2D eigenvalue weighted by atomic mass is 9.82. The van der Waals surface area contributed by atoms with E-state index in [1.165, 1.54) is 12.1 Å². The van der Waals surface area contributed by atoms with E-state index in [0.29, 0.717) is 18.4 Å². The van der Waals surface area contributed by atoms with E-state index in [9.17, 15) is 18.0 Å². The molecule has 104 valence electrons. The Morgan fingerprint density at radius 2 is 2.16 bits per heavy atom. The average Bonchev–Trinajstić information content (AvgIpc) is 2.33. The van der Waals surface area contributed by atoms with Crippen LogP contribution >= 0.6 is 11.6 Å². The molecule has 0 N–H and O–H groups in total. The monoisotopic (exact) mass is 290 g/mol. The van der Waals surface area contributed by atoms with Crippen LogP contribution in [0.5, 0.6) is 0 Å². The van der Waals surface area contributed by atoms with Crippen molar-refractivity contribution in [3.63, 3.8) is 0 Å². The number of benzene rings is 1. The number of alkyl halides is 2. The fourth-order valence-electron chi connectivity index (χ4n) is 2.46. The molecule has 1 aliphatic carbocycles. The molecule has 1 saturated carbocycles. The highest BCUT2D eigenvalue weighted by atomic mass is 35.5. The van der Waals surface area contributed by atoms with Crippen LogP contribution in [0.15, 0.2) is 18.2 Å². The van der Waals surface area contributed by atoms with Crippen LogP contribution in [0.3, 0.4) is 0 Å². The molecule has 1 nitrogen and oxygen atoms in total. The summed E-state index contributed by atoms with van der Waals surface area (Å²) in [7, 11) is 0. The molecule has 1 atom stereocenters. The molecule has 0 spiro atoms. The van der Waals surface area contributed by atoms with Crippen LogP contribution in [0.25, 0.3) is 0 Å². The maximum absolute atomic E-state index is 13.3. The topological polar surface area (TPSA) is 17.1 Å². The molecule has 19 heavy (non-hydrogen) atoms. The Morgan fingerprint density at radius 1 is 1.42 bits per heavy atom. The number of ketones is 1. The molecule has 0 aliphatic heterocycles. The summed E-state index contributed by atoms with van der Waals surface area (Å²) in [5, 5.41) is -0.0987. The van der Waals surface area contributed by atoms with Crippen molar-refractivity contribution in [3.05, 3.63) is 34.6 Å². The van der Waals surface area contributed by atoms with Crippen molar-refractivity contribution in [1.29, 1.82) is 0 Å². The number of hydrogen-bond acceptors (Lipinski definition) is 1. The minimum Gasteiger partial charge on any atom is -0.299 e. The Labute approximate surface area is 114 Å². The first-order valence-electron chi connectivity index (χ1n) is 6.22. The van der Waals surface area contributed by atoms with Crippen LogP contribution in [0.2, 0.25) is 5.02 Å². The molecule has 0 saturated heterocycles. The molecular weight excluding hydrogens is 277 g/mol. The van der Waals surface area contributed by atoms with Crippen LogP contribution < -0.4 is 0 Å². The second-order valence-electron chi connectivity index (χ2n) is 5.01. The van der Waals surface area contributed by atoms with Gasteiger partial charge in [0.25, 0.3) is 0 Å². The summed E-state index contributed by atoms with van der Waals surface area (Å²) in [5.74, 6) is -4.29. The summed E-state index contributed by atoms with van der Waals surface area (Å²) in [6.45, 7) is 0. The number of carbonyl (C=O) groups excluding carboxylic acids is 1. The van der Waals surface area contributed by atoms with Gasteiger partial charge in [0.2, 0.25) is 5.92 Å². The Kier molecular flexibility index (Phi) is 4.19. The van der Waals surface area contributed by atoms with Crippen molar-refractivity contribution in [2.45, 2.75) is 38.0 Å². The number of halogens is 4. The molecule has 1 unspecified atom stereocenters. The SMILES string of the molecule is O=C(Cc1cccc(F)c1Cl)C1CCCC(F)(F)C1. The first-order chi connectivity index (χ1) is 8.89. The second kappa shape index (κ2) is 5.53. The van der Waals surface area contributed by atoms with Gasteiger partial charge in [-0.25, -0.2) is 13.2 Å². The van der Waals surface area contributed by atoms with E-state index < -0.39 is 24.1 Å². The van der Waals surface area contributed by atoms with Crippen LogP contribution in [0.4, 0.5) is 13.2 Å². The van der Waals surface area contributed by atoms with Crippen molar-refractivity contribution in [3.8, 4) is 0 Å². The maximum Gasteiger partial charge on any atom is 0.248 e. The lowest BCUT2D eigenvalue weighted by molar-refractivity contribution is -0.129. The molecule has 0 amide bonds. The molecule has 2 rings (SSSR count). The van der Waals surface area contributed by atoms with Crippen LogP contribution in [-0.4, -0.2) is 11.7 Å². The average molecular weight is 291 g/mol. The van der Waals surface area contributed by atoms with Gasteiger partial charge in [0, 0.05) is 25.2 Å². The van der Waals surface area contributed by atoms with Gasteiger partial charge in [-0.2, -0.15) is 0 Å². The Morgan fingerprint density at radius 3 is 2.84 bits per heavy atom. The fourth-order valence-corrected chi connectivity index (χ4v) is 2.66. The molecule has 5 heteroatoms. The molecule has 0 radical (unpaired) electrons. The molecule has 0 bridgehead atoms. The van der Waals surface area contributed by atoms with E-state index >= 15 is 0 Å². The van der Waals surface area contributed by atoms with Crippen molar-refractivity contribution in [1.82, 2.24) is 0 Å². The summed E-state index contributed by atoms with van der Waals surface area (Å²) in [4.78, 5) is 12.0. The summed E-state index contributed by atoms with van der Waals surface area (Å²) >= 11 is 5.76. The minimum atomic E-state index is -2.76. The van der Waals surface area contributed by atoms with Crippen LogP contribution in [0.1, 0.15) is 31.2 Å². The lowest BCUT2D eigenvalue weighted by Gasteiger charge is -2.28. The van der Waals surface area contributed by atoms with Crippen molar-refractivity contribution in [2.75, 3.05) is 0 Å². The van der Waals surface area contributed by atoms with Gasteiger partial charge < -0.3 is 0 Å². The number of Topliss-reactive ketones (excluding diaryl/α,β-unsaturated/α-hetero) is 1. The van der Waals surface area contributed by atoms with E-state index in [1.54, 1.807) is 6.07 Å². The minimum absolute atomic E-state index is 0.0860. The highest BCUT2D eigenvalue weighted by molar-refractivity contribution is 6.31. The number of hydrogen-bond donors (Lipinski definition) is 0. The van der Waals surface area contributed by atoms with Crippen molar-refractivity contribution in [2.24, 2.45) is 5.92 Å². The predicted molar refractivity (Wildman–Crippen MR) is 67.0 cm³/mol. The first kappa shape index (κ1) is 14.4. The zero-order valence-corrected chi connectivity index (χ0v) is 11.0. The van der Waals surface area contributed by atoms with Gasteiger partial charge in [-0.3, -0.25) is 4.79 Å². The molecule has 1 aliphatic rings. The highest BCUT2D eigenvalue weighted by Crippen LogP contribution is 2.37. The number of rotatable bonds is 3. The number of carbonyl (C=O) groups is 1. The van der Waals surface area contributed by atoms with Gasteiger partial charge in [-0.15, -0.1) is 0 Å².